The van der Waals surface area contributed by atoms with Crippen LogP contribution in [-0.4, -0.2) is 12.5 Å². The lowest BCUT2D eigenvalue weighted by Crippen LogP contribution is -2.25. The molecule has 1 amide bonds. The molecule has 3 aromatic rings. The molecule has 2 heterocycles. The number of anilines is 1. The van der Waals surface area contributed by atoms with Crippen molar-refractivity contribution in [3.8, 4) is 5.75 Å². The number of ether oxygens (including phenoxy) is 1. The lowest BCUT2D eigenvalue weighted by Gasteiger charge is -2.27. The van der Waals surface area contributed by atoms with Crippen LogP contribution in [0.5, 0.6) is 5.75 Å². The standard InChI is InChI=1S/C23H15F2NO2S/c24-16-4-1-13(2-5-16)23-18(10-15-9-17(25)6-8-21(15)29-23)14-3-7-20-19(11-14)26-22(27)12-28-20/h1-11,23H,12H2,(H,26,27). The molecule has 0 bridgehead atoms. The van der Waals surface area contributed by atoms with Crippen molar-refractivity contribution in [3.05, 3.63) is 89.0 Å². The number of hydrogen-bond acceptors (Lipinski definition) is 3. The summed E-state index contributed by atoms with van der Waals surface area (Å²) in [5.41, 5.74) is 4.16. The lowest BCUT2D eigenvalue weighted by molar-refractivity contribution is -0.118. The lowest BCUT2D eigenvalue weighted by atomic mass is 9.94. The molecule has 0 aliphatic carbocycles. The van der Waals surface area contributed by atoms with Gasteiger partial charge < -0.3 is 10.1 Å². The van der Waals surface area contributed by atoms with Gasteiger partial charge in [0.25, 0.3) is 5.91 Å². The highest BCUT2D eigenvalue weighted by Gasteiger charge is 2.27. The molecule has 0 radical (unpaired) electrons. The maximum absolute atomic E-state index is 13.8. The summed E-state index contributed by atoms with van der Waals surface area (Å²) < 4.78 is 32.7. The molecule has 1 N–H and O–H groups in total. The van der Waals surface area contributed by atoms with Gasteiger partial charge in [-0.3, -0.25) is 4.79 Å². The van der Waals surface area contributed by atoms with E-state index in [4.69, 9.17) is 4.74 Å². The van der Waals surface area contributed by atoms with E-state index >= 15 is 0 Å². The van der Waals surface area contributed by atoms with Gasteiger partial charge in [-0.15, -0.1) is 11.8 Å². The number of amides is 1. The summed E-state index contributed by atoms with van der Waals surface area (Å²) in [6, 6.07) is 16.7. The number of hydrogen-bond donors (Lipinski definition) is 1. The Labute approximate surface area is 170 Å². The minimum Gasteiger partial charge on any atom is -0.482 e. The highest BCUT2D eigenvalue weighted by molar-refractivity contribution is 8.00. The number of fused-ring (bicyclic) bond motifs is 2. The summed E-state index contributed by atoms with van der Waals surface area (Å²) in [7, 11) is 0. The quantitative estimate of drug-likeness (QED) is 0.594. The van der Waals surface area contributed by atoms with Crippen LogP contribution in [0.3, 0.4) is 0 Å². The average molecular weight is 407 g/mol. The largest absolute Gasteiger partial charge is 0.482 e. The van der Waals surface area contributed by atoms with Crippen molar-refractivity contribution in [2.45, 2.75) is 10.1 Å². The van der Waals surface area contributed by atoms with Crippen molar-refractivity contribution < 1.29 is 18.3 Å². The van der Waals surface area contributed by atoms with Gasteiger partial charge in [-0.1, -0.05) is 18.2 Å². The molecular formula is C23H15F2NO2S. The Hall–Kier alpha value is -3.12. The fraction of sp³-hybridized carbons (Fsp3) is 0.0870. The SMILES string of the molecule is O=C1COc2ccc(C3=Cc4cc(F)ccc4SC3c3ccc(F)cc3)cc2N1. The number of carbonyl (C=O) groups is 1. The van der Waals surface area contributed by atoms with E-state index in [0.717, 1.165) is 27.2 Å². The minimum absolute atomic E-state index is 0.00421. The summed E-state index contributed by atoms with van der Waals surface area (Å²) in [4.78, 5) is 12.7. The molecule has 6 heteroatoms. The number of nitrogens with one attached hydrogen (secondary N) is 1. The first-order valence-electron chi connectivity index (χ1n) is 9.07. The molecule has 0 saturated heterocycles. The van der Waals surface area contributed by atoms with Crippen LogP contribution in [0.25, 0.3) is 11.6 Å². The first kappa shape index (κ1) is 17.9. The van der Waals surface area contributed by atoms with E-state index < -0.39 is 0 Å². The van der Waals surface area contributed by atoms with Crippen LogP contribution in [0.4, 0.5) is 14.5 Å². The molecule has 29 heavy (non-hydrogen) atoms. The van der Waals surface area contributed by atoms with Gasteiger partial charge >= 0.3 is 0 Å². The van der Waals surface area contributed by atoms with Gasteiger partial charge in [-0.05, 0) is 70.8 Å². The van der Waals surface area contributed by atoms with Crippen LogP contribution >= 0.6 is 11.8 Å². The molecule has 3 nitrogen and oxygen atoms in total. The van der Waals surface area contributed by atoms with Crippen LogP contribution in [0.1, 0.15) is 21.9 Å². The number of carbonyl (C=O) groups excluding carboxylic acids is 1. The zero-order valence-corrected chi connectivity index (χ0v) is 15.9. The Morgan fingerprint density at radius 2 is 1.76 bits per heavy atom. The number of benzene rings is 3. The first-order chi connectivity index (χ1) is 14.1. The van der Waals surface area contributed by atoms with Crippen molar-refractivity contribution in [2.75, 3.05) is 11.9 Å². The minimum atomic E-state index is -0.300. The van der Waals surface area contributed by atoms with E-state index in [1.807, 2.05) is 24.3 Å². The molecule has 0 spiro atoms. The smallest absolute Gasteiger partial charge is 0.262 e. The van der Waals surface area contributed by atoms with Gasteiger partial charge in [0.1, 0.15) is 17.4 Å². The second-order valence-corrected chi connectivity index (χ2v) is 8.03. The van der Waals surface area contributed by atoms with E-state index in [2.05, 4.69) is 5.32 Å². The van der Waals surface area contributed by atoms with E-state index in [9.17, 15) is 13.6 Å². The third-order valence-corrected chi connectivity index (χ3v) is 6.32. The molecule has 1 atom stereocenters. The molecule has 2 aliphatic heterocycles. The molecule has 0 aromatic heterocycles. The Balaban J connectivity index is 1.64. The van der Waals surface area contributed by atoms with Crippen molar-refractivity contribution in [2.24, 2.45) is 0 Å². The van der Waals surface area contributed by atoms with Gasteiger partial charge in [0, 0.05) is 4.90 Å². The summed E-state index contributed by atoms with van der Waals surface area (Å²) in [6.45, 7) is -0.00421. The molecular weight excluding hydrogens is 392 g/mol. The highest BCUT2D eigenvalue weighted by Crippen LogP contribution is 2.51. The molecule has 0 fully saturated rings. The van der Waals surface area contributed by atoms with Crippen molar-refractivity contribution in [3.63, 3.8) is 0 Å². The second-order valence-electron chi connectivity index (χ2n) is 6.88. The topological polar surface area (TPSA) is 38.3 Å². The van der Waals surface area contributed by atoms with E-state index in [0.29, 0.717) is 11.4 Å². The normalized spacial score (nSPS) is 17.5. The summed E-state index contributed by atoms with van der Waals surface area (Å²) >= 11 is 1.59. The second kappa shape index (κ2) is 7.04. The molecule has 1 unspecified atom stereocenters. The summed E-state index contributed by atoms with van der Waals surface area (Å²) in [5.74, 6) is -0.186. The maximum atomic E-state index is 13.8. The number of rotatable bonds is 2. The molecule has 2 aliphatic rings. The zero-order chi connectivity index (χ0) is 20.0. The van der Waals surface area contributed by atoms with Crippen molar-refractivity contribution in [1.82, 2.24) is 0 Å². The van der Waals surface area contributed by atoms with Crippen LogP contribution < -0.4 is 10.1 Å². The van der Waals surface area contributed by atoms with E-state index in [1.54, 1.807) is 30.0 Å². The average Bonchev–Trinajstić information content (AvgIpc) is 2.73. The predicted molar refractivity (Wildman–Crippen MR) is 110 cm³/mol. The highest BCUT2D eigenvalue weighted by atomic mass is 32.2. The fourth-order valence-electron chi connectivity index (χ4n) is 3.56. The monoisotopic (exact) mass is 407 g/mol. The first-order valence-corrected chi connectivity index (χ1v) is 9.95. The van der Waals surface area contributed by atoms with Crippen LogP contribution in [0.15, 0.2) is 65.6 Å². The van der Waals surface area contributed by atoms with Gasteiger partial charge in [-0.2, -0.15) is 0 Å². The fourth-order valence-corrected chi connectivity index (χ4v) is 4.83. The zero-order valence-electron chi connectivity index (χ0n) is 15.1. The van der Waals surface area contributed by atoms with E-state index in [-0.39, 0.29) is 29.4 Å². The molecule has 3 aromatic carbocycles. The summed E-state index contributed by atoms with van der Waals surface area (Å²) in [5, 5.41) is 2.72. The van der Waals surface area contributed by atoms with Gasteiger partial charge in [0.05, 0.1) is 10.9 Å². The van der Waals surface area contributed by atoms with Crippen LogP contribution in [0.2, 0.25) is 0 Å². The Kier molecular flexibility index (Phi) is 4.36. The van der Waals surface area contributed by atoms with Crippen LogP contribution in [-0.2, 0) is 4.79 Å². The van der Waals surface area contributed by atoms with Gasteiger partial charge in [-0.25, -0.2) is 8.78 Å². The Morgan fingerprint density at radius 3 is 2.59 bits per heavy atom. The third kappa shape index (κ3) is 3.40. The molecule has 144 valence electrons. The van der Waals surface area contributed by atoms with Crippen molar-refractivity contribution >= 4 is 35.0 Å². The molecule has 5 rings (SSSR count). The maximum Gasteiger partial charge on any atom is 0.262 e. The van der Waals surface area contributed by atoms with Gasteiger partial charge in [0.15, 0.2) is 6.61 Å². The van der Waals surface area contributed by atoms with Crippen molar-refractivity contribution in [1.29, 1.82) is 0 Å². The Bertz CT molecular complexity index is 1160. The summed E-state index contributed by atoms with van der Waals surface area (Å²) in [6.07, 6.45) is 1.95. The predicted octanol–water partition coefficient (Wildman–Crippen LogP) is 5.68. The molecule has 0 saturated carbocycles. The van der Waals surface area contributed by atoms with Gasteiger partial charge in [0.2, 0.25) is 0 Å². The number of thioether (sulfide) groups is 1. The third-order valence-electron chi connectivity index (χ3n) is 4.93. The number of halogens is 2. The Morgan fingerprint density at radius 1 is 0.966 bits per heavy atom. The van der Waals surface area contributed by atoms with E-state index in [1.165, 1.54) is 24.3 Å². The van der Waals surface area contributed by atoms with Crippen LogP contribution in [0, 0.1) is 11.6 Å².